The number of piperidine rings is 2. The van der Waals surface area contributed by atoms with Crippen LogP contribution in [0.3, 0.4) is 0 Å². The van der Waals surface area contributed by atoms with Crippen molar-refractivity contribution in [2.24, 2.45) is 0 Å². The van der Waals surface area contributed by atoms with Crippen LogP contribution in [0.5, 0.6) is 5.75 Å². The summed E-state index contributed by atoms with van der Waals surface area (Å²) in [7, 11) is 1.72. The largest absolute Gasteiger partial charge is 0.496 e. The number of anilines is 1. The van der Waals surface area contributed by atoms with Crippen LogP contribution in [-0.4, -0.2) is 67.9 Å². The lowest BCUT2D eigenvalue weighted by atomic mass is 10.0. The van der Waals surface area contributed by atoms with Crippen molar-refractivity contribution in [1.82, 2.24) is 10.2 Å². The number of amides is 1. The van der Waals surface area contributed by atoms with Crippen LogP contribution in [0.4, 0.5) is 5.69 Å². The Morgan fingerprint density at radius 2 is 1.81 bits per heavy atom. The molecule has 2 aromatic carbocycles. The van der Waals surface area contributed by atoms with Crippen molar-refractivity contribution >= 4 is 11.6 Å². The number of hydrogen-bond donors (Lipinski definition) is 2. The Balaban J connectivity index is 1.23. The lowest BCUT2D eigenvalue weighted by Crippen LogP contribution is -2.43. The maximum Gasteiger partial charge on any atom is 0.253 e. The molecule has 4 rings (SSSR count). The summed E-state index contributed by atoms with van der Waals surface area (Å²) in [6.45, 7) is 4.15. The zero-order valence-electron chi connectivity index (χ0n) is 19.0. The molecule has 1 unspecified atom stereocenters. The molecule has 2 aromatic rings. The van der Waals surface area contributed by atoms with Crippen molar-refractivity contribution in [3.63, 3.8) is 0 Å². The Kier molecular flexibility index (Phi) is 7.66. The van der Waals surface area contributed by atoms with Crippen molar-refractivity contribution < 1.29 is 14.6 Å². The van der Waals surface area contributed by atoms with Gasteiger partial charge in [-0.15, -0.1) is 0 Å². The molecule has 172 valence electrons. The van der Waals surface area contributed by atoms with Crippen LogP contribution in [0.1, 0.15) is 41.6 Å². The molecule has 2 N–H and O–H groups in total. The maximum absolute atomic E-state index is 12.7. The predicted molar refractivity (Wildman–Crippen MR) is 128 cm³/mol. The van der Waals surface area contributed by atoms with Gasteiger partial charge >= 0.3 is 0 Å². The number of β-amino-alcohol motifs (C(OH)–C–C–N with tert-alkyl or cyclic N) is 1. The van der Waals surface area contributed by atoms with Crippen LogP contribution in [0.15, 0.2) is 48.5 Å². The quantitative estimate of drug-likeness (QED) is 0.697. The smallest absolute Gasteiger partial charge is 0.253 e. The maximum atomic E-state index is 12.7. The van der Waals surface area contributed by atoms with E-state index < -0.39 is 6.10 Å². The minimum absolute atomic E-state index is 0.0215. The Bertz CT molecular complexity index is 878. The lowest BCUT2D eigenvalue weighted by molar-refractivity contribution is 0.0474. The molecular weight excluding hydrogens is 402 g/mol. The lowest BCUT2D eigenvalue weighted by Gasteiger charge is -2.34. The molecular formula is C26H35N3O3. The van der Waals surface area contributed by atoms with Gasteiger partial charge in [0.15, 0.2) is 0 Å². The Labute approximate surface area is 191 Å². The van der Waals surface area contributed by atoms with Crippen molar-refractivity contribution in [2.75, 3.05) is 44.7 Å². The fourth-order valence-electron chi connectivity index (χ4n) is 4.80. The van der Waals surface area contributed by atoms with Gasteiger partial charge in [-0.25, -0.2) is 0 Å². The van der Waals surface area contributed by atoms with Gasteiger partial charge < -0.3 is 25.0 Å². The molecule has 2 aliphatic heterocycles. The molecule has 32 heavy (non-hydrogen) atoms. The third-order valence-electron chi connectivity index (χ3n) is 6.68. The highest BCUT2D eigenvalue weighted by Crippen LogP contribution is 2.22. The van der Waals surface area contributed by atoms with Gasteiger partial charge in [0.1, 0.15) is 5.75 Å². The number of carbonyl (C=O) groups excluding carboxylic acids is 1. The molecule has 0 aromatic heterocycles. The summed E-state index contributed by atoms with van der Waals surface area (Å²) in [6, 6.07) is 16.7. The molecule has 2 saturated heterocycles. The number of nitrogens with zero attached hydrogens (tertiary/aromatic N) is 2. The monoisotopic (exact) mass is 437 g/mol. The van der Waals surface area contributed by atoms with Crippen LogP contribution in [0.2, 0.25) is 0 Å². The van der Waals surface area contributed by atoms with Crippen molar-refractivity contribution in [2.45, 2.75) is 44.2 Å². The van der Waals surface area contributed by atoms with Gasteiger partial charge in [-0.05, 0) is 74.5 Å². The molecule has 0 bridgehead atoms. The molecule has 6 heteroatoms. The van der Waals surface area contributed by atoms with Crippen molar-refractivity contribution in [3.8, 4) is 5.75 Å². The number of nitrogens with one attached hydrogen (secondary N) is 1. The summed E-state index contributed by atoms with van der Waals surface area (Å²) in [5.74, 6) is 0.982. The number of carbonyl (C=O) groups is 1. The van der Waals surface area contributed by atoms with Crippen LogP contribution in [0, 0.1) is 0 Å². The SMILES string of the molecule is COc1ccccc1CCNC1CCN(c2ccc(C(=O)N3CCCC(O)C3)cc2)CC1. The molecule has 6 nitrogen and oxygen atoms in total. The molecule has 2 fully saturated rings. The fourth-order valence-corrected chi connectivity index (χ4v) is 4.80. The van der Waals surface area contributed by atoms with E-state index in [-0.39, 0.29) is 5.91 Å². The molecule has 2 heterocycles. The van der Waals surface area contributed by atoms with E-state index in [9.17, 15) is 9.90 Å². The summed E-state index contributed by atoms with van der Waals surface area (Å²) < 4.78 is 5.44. The van der Waals surface area contributed by atoms with E-state index >= 15 is 0 Å². The topological polar surface area (TPSA) is 65.0 Å². The van der Waals surface area contributed by atoms with E-state index in [2.05, 4.69) is 34.5 Å². The van der Waals surface area contributed by atoms with Crippen molar-refractivity contribution in [1.29, 1.82) is 0 Å². The number of benzene rings is 2. The zero-order valence-corrected chi connectivity index (χ0v) is 19.0. The second-order valence-corrected chi connectivity index (χ2v) is 8.87. The number of para-hydroxylation sites is 1. The third kappa shape index (κ3) is 5.61. The first-order valence-corrected chi connectivity index (χ1v) is 11.8. The van der Waals surface area contributed by atoms with Gasteiger partial charge in [0.05, 0.1) is 13.2 Å². The number of rotatable bonds is 7. The minimum atomic E-state index is -0.392. The molecule has 0 aliphatic carbocycles. The number of aliphatic hydroxyl groups excluding tert-OH is 1. The minimum Gasteiger partial charge on any atom is -0.496 e. The van der Waals surface area contributed by atoms with Crippen LogP contribution in [0.25, 0.3) is 0 Å². The summed E-state index contributed by atoms with van der Waals surface area (Å²) in [5.41, 5.74) is 3.12. The van der Waals surface area contributed by atoms with Crippen LogP contribution in [-0.2, 0) is 6.42 Å². The number of methoxy groups -OCH3 is 1. The summed E-state index contributed by atoms with van der Waals surface area (Å²) in [4.78, 5) is 16.9. The van der Waals surface area contributed by atoms with Gasteiger partial charge in [0.2, 0.25) is 0 Å². The highest BCUT2D eigenvalue weighted by molar-refractivity contribution is 5.94. The van der Waals surface area contributed by atoms with E-state index in [0.29, 0.717) is 18.2 Å². The Hall–Kier alpha value is -2.57. The molecule has 0 radical (unpaired) electrons. The standard InChI is InChI=1S/C26H35N3O3/c1-32-25-7-3-2-5-20(25)12-15-27-22-13-17-28(18-14-22)23-10-8-21(9-11-23)26(31)29-16-4-6-24(30)19-29/h2-3,5,7-11,22,24,27,30H,4,6,12-19H2,1H3. The highest BCUT2D eigenvalue weighted by Gasteiger charge is 2.24. The van der Waals surface area contributed by atoms with E-state index in [0.717, 1.165) is 64.0 Å². The highest BCUT2D eigenvalue weighted by atomic mass is 16.5. The first-order valence-electron chi connectivity index (χ1n) is 11.8. The van der Waals surface area contributed by atoms with Gasteiger partial charge in [0.25, 0.3) is 5.91 Å². The second kappa shape index (κ2) is 10.8. The van der Waals surface area contributed by atoms with Crippen LogP contribution >= 0.6 is 0 Å². The average molecular weight is 438 g/mol. The van der Waals surface area contributed by atoms with E-state index in [1.165, 1.54) is 11.3 Å². The summed E-state index contributed by atoms with van der Waals surface area (Å²) >= 11 is 0. The molecule has 2 aliphatic rings. The van der Waals surface area contributed by atoms with E-state index in [4.69, 9.17) is 4.74 Å². The average Bonchev–Trinajstić information content (AvgIpc) is 2.84. The normalized spacial score (nSPS) is 19.8. The first kappa shape index (κ1) is 22.6. The molecule has 0 saturated carbocycles. The molecule has 0 spiro atoms. The first-order chi connectivity index (χ1) is 15.6. The summed E-state index contributed by atoms with van der Waals surface area (Å²) in [6.07, 6.45) is 4.45. The third-order valence-corrected chi connectivity index (χ3v) is 6.68. The summed E-state index contributed by atoms with van der Waals surface area (Å²) in [5, 5.41) is 13.5. The van der Waals surface area contributed by atoms with Gasteiger partial charge in [-0.3, -0.25) is 4.79 Å². The second-order valence-electron chi connectivity index (χ2n) is 8.87. The predicted octanol–water partition coefficient (Wildman–Crippen LogP) is 3.09. The van der Waals surface area contributed by atoms with Crippen LogP contribution < -0.4 is 15.0 Å². The van der Waals surface area contributed by atoms with Gasteiger partial charge in [-0.1, -0.05) is 18.2 Å². The Morgan fingerprint density at radius 3 is 2.53 bits per heavy atom. The number of hydrogen-bond acceptors (Lipinski definition) is 5. The molecule has 1 atom stereocenters. The van der Waals surface area contributed by atoms with Gasteiger partial charge in [-0.2, -0.15) is 0 Å². The van der Waals surface area contributed by atoms with E-state index in [1.807, 2.05) is 24.3 Å². The number of aliphatic hydroxyl groups is 1. The number of likely N-dealkylation sites (tertiary alicyclic amines) is 1. The fraction of sp³-hybridized carbons (Fsp3) is 0.500. The zero-order chi connectivity index (χ0) is 22.3. The molecule has 1 amide bonds. The van der Waals surface area contributed by atoms with E-state index in [1.54, 1.807) is 12.0 Å². The number of ether oxygens (including phenoxy) is 1. The Morgan fingerprint density at radius 1 is 1.06 bits per heavy atom. The van der Waals surface area contributed by atoms with Gasteiger partial charge in [0, 0.05) is 43.5 Å². The van der Waals surface area contributed by atoms with Crippen molar-refractivity contribution in [3.05, 3.63) is 59.7 Å².